The van der Waals surface area contributed by atoms with Gasteiger partial charge in [-0.05, 0) is 30.5 Å². The first-order valence-electron chi connectivity index (χ1n) is 5.16. The van der Waals surface area contributed by atoms with Gasteiger partial charge in [-0.2, -0.15) is 12.6 Å². The Labute approximate surface area is 96.9 Å². The van der Waals surface area contributed by atoms with Crippen molar-refractivity contribution in [3.05, 3.63) is 35.4 Å². The molecule has 0 amide bonds. The lowest BCUT2D eigenvalue weighted by Gasteiger charge is -1.98. The average molecular weight is 220 g/mol. The predicted molar refractivity (Wildman–Crippen MR) is 67.2 cm³/mol. The number of hydrogen-bond acceptors (Lipinski definition) is 2. The summed E-state index contributed by atoms with van der Waals surface area (Å²) in [5.74, 6) is 6.94. The maximum atomic E-state index is 8.70. The van der Waals surface area contributed by atoms with Crippen LogP contribution >= 0.6 is 12.6 Å². The molecule has 1 nitrogen and oxygen atoms in total. The maximum Gasteiger partial charge on any atom is 0.0434 e. The number of thiol groups is 1. The first-order chi connectivity index (χ1) is 7.36. The van der Waals surface area contributed by atoms with Crippen LogP contribution in [-0.4, -0.2) is 17.5 Å². The van der Waals surface area contributed by atoms with E-state index in [9.17, 15) is 0 Å². The lowest BCUT2D eigenvalue weighted by atomic mass is 10.1. The summed E-state index contributed by atoms with van der Waals surface area (Å²) in [5.41, 5.74) is 2.30. The minimum atomic E-state index is 0.253. The van der Waals surface area contributed by atoms with E-state index in [1.807, 2.05) is 12.1 Å². The van der Waals surface area contributed by atoms with Crippen LogP contribution in [0.1, 0.15) is 24.0 Å². The Hall–Kier alpha value is -0.910. The van der Waals surface area contributed by atoms with E-state index in [1.54, 1.807) is 0 Å². The summed E-state index contributed by atoms with van der Waals surface area (Å²) in [5, 5.41) is 8.70. The van der Waals surface area contributed by atoms with Gasteiger partial charge in [0.2, 0.25) is 0 Å². The summed E-state index contributed by atoms with van der Waals surface area (Å²) < 4.78 is 0. The minimum Gasteiger partial charge on any atom is -0.396 e. The molecular weight excluding hydrogens is 204 g/mol. The van der Waals surface area contributed by atoms with Crippen molar-refractivity contribution in [3.8, 4) is 11.8 Å². The Balaban J connectivity index is 2.53. The van der Waals surface area contributed by atoms with Gasteiger partial charge in [0, 0.05) is 24.3 Å². The Morgan fingerprint density at radius 3 is 2.53 bits per heavy atom. The highest BCUT2D eigenvalue weighted by molar-refractivity contribution is 7.80. The molecule has 80 valence electrons. The van der Waals surface area contributed by atoms with Crippen LogP contribution < -0.4 is 0 Å². The van der Waals surface area contributed by atoms with Crippen LogP contribution in [0.5, 0.6) is 0 Å². The van der Waals surface area contributed by atoms with E-state index in [-0.39, 0.29) is 6.61 Å². The van der Waals surface area contributed by atoms with Gasteiger partial charge >= 0.3 is 0 Å². The average Bonchev–Trinajstić information content (AvgIpc) is 2.28. The highest BCUT2D eigenvalue weighted by atomic mass is 32.1. The standard InChI is InChI=1S/C13H16OS/c14-10-3-5-13-8-6-12(7-9-13)4-1-2-11-15/h6-9,14-15H,2-3,5,10-11H2. The molecule has 0 aliphatic carbocycles. The Bertz CT molecular complexity index is 332. The molecule has 0 fully saturated rings. The number of aliphatic hydroxyl groups excluding tert-OH is 1. The van der Waals surface area contributed by atoms with Crippen molar-refractivity contribution in [2.24, 2.45) is 0 Å². The molecule has 2 heteroatoms. The van der Waals surface area contributed by atoms with Gasteiger partial charge in [0.05, 0.1) is 0 Å². The molecule has 0 spiro atoms. The van der Waals surface area contributed by atoms with Crippen molar-refractivity contribution in [3.63, 3.8) is 0 Å². The molecule has 1 rings (SSSR count). The van der Waals surface area contributed by atoms with Gasteiger partial charge in [-0.25, -0.2) is 0 Å². The fourth-order valence-corrected chi connectivity index (χ4v) is 1.37. The monoisotopic (exact) mass is 220 g/mol. The van der Waals surface area contributed by atoms with Gasteiger partial charge in [-0.1, -0.05) is 24.0 Å². The van der Waals surface area contributed by atoms with Crippen LogP contribution in [0, 0.1) is 11.8 Å². The third-order valence-corrected chi connectivity index (χ3v) is 2.27. The molecular formula is C13H16OS. The molecule has 0 heterocycles. The van der Waals surface area contributed by atoms with Gasteiger partial charge in [0.1, 0.15) is 0 Å². The molecule has 0 aliphatic heterocycles. The molecule has 0 aromatic heterocycles. The summed E-state index contributed by atoms with van der Waals surface area (Å²) >= 11 is 4.10. The Kier molecular flexibility index (Phi) is 5.99. The fraction of sp³-hybridized carbons (Fsp3) is 0.385. The minimum absolute atomic E-state index is 0.253. The second-order valence-electron chi connectivity index (χ2n) is 3.30. The SMILES string of the molecule is OCCCc1ccc(C#CCCS)cc1. The van der Waals surface area contributed by atoms with E-state index >= 15 is 0 Å². The highest BCUT2D eigenvalue weighted by Crippen LogP contribution is 2.05. The topological polar surface area (TPSA) is 20.2 Å². The van der Waals surface area contributed by atoms with Crippen molar-refractivity contribution in [1.82, 2.24) is 0 Å². The zero-order chi connectivity index (χ0) is 10.9. The molecule has 0 saturated carbocycles. The zero-order valence-electron chi connectivity index (χ0n) is 8.74. The second kappa shape index (κ2) is 7.39. The number of aliphatic hydroxyl groups is 1. The summed E-state index contributed by atoms with van der Waals surface area (Å²) in [6.45, 7) is 0.253. The Morgan fingerprint density at radius 2 is 1.93 bits per heavy atom. The summed E-state index contributed by atoms with van der Waals surface area (Å²) in [6, 6.07) is 8.19. The summed E-state index contributed by atoms with van der Waals surface area (Å²) in [4.78, 5) is 0. The summed E-state index contributed by atoms with van der Waals surface area (Å²) in [6.07, 6.45) is 2.58. The molecule has 15 heavy (non-hydrogen) atoms. The highest BCUT2D eigenvalue weighted by Gasteiger charge is 1.92. The number of hydrogen-bond donors (Lipinski definition) is 2. The van der Waals surface area contributed by atoms with E-state index in [0.717, 1.165) is 30.6 Å². The number of rotatable bonds is 4. The number of benzene rings is 1. The van der Waals surface area contributed by atoms with Gasteiger partial charge in [0.25, 0.3) is 0 Å². The van der Waals surface area contributed by atoms with Gasteiger partial charge in [-0.3, -0.25) is 0 Å². The van der Waals surface area contributed by atoms with Crippen molar-refractivity contribution in [2.75, 3.05) is 12.4 Å². The first kappa shape index (κ1) is 12.2. The molecule has 0 radical (unpaired) electrons. The third kappa shape index (κ3) is 4.92. The van der Waals surface area contributed by atoms with Crippen molar-refractivity contribution in [1.29, 1.82) is 0 Å². The van der Waals surface area contributed by atoms with E-state index in [4.69, 9.17) is 5.11 Å². The normalized spacial score (nSPS) is 9.47. The molecule has 1 N–H and O–H groups in total. The molecule has 1 aromatic rings. The van der Waals surface area contributed by atoms with E-state index in [0.29, 0.717) is 0 Å². The largest absolute Gasteiger partial charge is 0.396 e. The Morgan fingerprint density at radius 1 is 1.20 bits per heavy atom. The maximum absolute atomic E-state index is 8.70. The predicted octanol–water partition coefficient (Wildman–Crippen LogP) is 2.28. The lowest BCUT2D eigenvalue weighted by Crippen LogP contribution is -1.89. The van der Waals surface area contributed by atoms with Crippen molar-refractivity contribution in [2.45, 2.75) is 19.3 Å². The van der Waals surface area contributed by atoms with E-state index in [1.165, 1.54) is 5.56 Å². The zero-order valence-corrected chi connectivity index (χ0v) is 9.63. The van der Waals surface area contributed by atoms with Crippen LogP contribution in [0.3, 0.4) is 0 Å². The fourth-order valence-electron chi connectivity index (χ4n) is 1.26. The third-order valence-electron chi connectivity index (χ3n) is 2.05. The van der Waals surface area contributed by atoms with Crippen molar-refractivity contribution >= 4 is 12.6 Å². The molecule has 0 aliphatic rings. The second-order valence-corrected chi connectivity index (χ2v) is 3.75. The lowest BCUT2D eigenvalue weighted by molar-refractivity contribution is 0.288. The molecule has 1 aromatic carbocycles. The van der Waals surface area contributed by atoms with Crippen LogP contribution in [0.4, 0.5) is 0 Å². The smallest absolute Gasteiger partial charge is 0.0434 e. The van der Waals surface area contributed by atoms with Crippen LogP contribution in [0.15, 0.2) is 24.3 Å². The summed E-state index contributed by atoms with van der Waals surface area (Å²) in [7, 11) is 0. The molecule has 0 unspecified atom stereocenters. The van der Waals surface area contributed by atoms with E-state index in [2.05, 4.69) is 36.6 Å². The van der Waals surface area contributed by atoms with Crippen LogP contribution in [-0.2, 0) is 6.42 Å². The van der Waals surface area contributed by atoms with Gasteiger partial charge in [0.15, 0.2) is 0 Å². The van der Waals surface area contributed by atoms with E-state index < -0.39 is 0 Å². The molecule has 0 atom stereocenters. The first-order valence-corrected chi connectivity index (χ1v) is 5.79. The van der Waals surface area contributed by atoms with Crippen molar-refractivity contribution < 1.29 is 5.11 Å². The van der Waals surface area contributed by atoms with Gasteiger partial charge < -0.3 is 5.11 Å². The number of aryl methyl sites for hydroxylation is 1. The molecule has 0 bridgehead atoms. The van der Waals surface area contributed by atoms with Crippen LogP contribution in [0.25, 0.3) is 0 Å². The quantitative estimate of drug-likeness (QED) is 0.589. The van der Waals surface area contributed by atoms with Gasteiger partial charge in [-0.15, -0.1) is 0 Å². The van der Waals surface area contributed by atoms with Crippen LogP contribution in [0.2, 0.25) is 0 Å². The molecule has 0 saturated heterocycles.